The number of nitrogens with two attached hydrogens (primary N) is 1. The monoisotopic (exact) mass is 151 g/mol. The van der Waals surface area contributed by atoms with Crippen molar-refractivity contribution in [3.8, 4) is 0 Å². The molecule has 0 spiro atoms. The van der Waals surface area contributed by atoms with Gasteiger partial charge in [0.05, 0.1) is 5.60 Å². The van der Waals surface area contributed by atoms with Crippen molar-refractivity contribution in [3.05, 3.63) is 0 Å². The van der Waals surface area contributed by atoms with Gasteiger partial charge in [-0.05, 0) is 20.3 Å². The molecule has 3 heteroatoms. The van der Waals surface area contributed by atoms with E-state index in [4.69, 9.17) is 10.5 Å². The molecule has 2 atom stereocenters. The van der Waals surface area contributed by atoms with Gasteiger partial charge in [-0.15, -0.1) is 12.4 Å². The molecule has 0 heterocycles. The fourth-order valence-electron chi connectivity index (χ4n) is 0.873. The number of rotatable bonds is 2. The molecule has 0 aromatic carbocycles. The Labute approximate surface area is 62.2 Å². The first kappa shape index (κ1) is 9.21. The quantitative estimate of drug-likeness (QED) is 0.638. The SMILES string of the molecule is CCO[C@@]1(C)C[C@@H]1N.Cl. The van der Waals surface area contributed by atoms with Gasteiger partial charge in [0.25, 0.3) is 0 Å². The Balaban J connectivity index is 0.000000640. The maximum absolute atomic E-state index is 5.56. The number of ether oxygens (including phenoxy) is 1. The van der Waals surface area contributed by atoms with Crippen LogP contribution in [0.3, 0.4) is 0 Å². The molecule has 0 aliphatic heterocycles. The van der Waals surface area contributed by atoms with Crippen molar-refractivity contribution in [2.24, 2.45) is 5.73 Å². The normalized spacial score (nSPS) is 39.7. The number of hydrogen-bond donors (Lipinski definition) is 1. The highest BCUT2D eigenvalue weighted by Gasteiger charge is 2.48. The first-order chi connectivity index (χ1) is 3.69. The van der Waals surface area contributed by atoms with Gasteiger partial charge in [-0.25, -0.2) is 0 Å². The summed E-state index contributed by atoms with van der Waals surface area (Å²) < 4.78 is 5.33. The molecule has 1 fully saturated rings. The van der Waals surface area contributed by atoms with E-state index in [0.717, 1.165) is 13.0 Å². The summed E-state index contributed by atoms with van der Waals surface area (Å²) in [4.78, 5) is 0. The van der Waals surface area contributed by atoms with E-state index in [1.807, 2.05) is 6.92 Å². The minimum Gasteiger partial charge on any atom is -0.374 e. The second kappa shape index (κ2) is 2.86. The maximum atomic E-state index is 5.56. The molecule has 9 heavy (non-hydrogen) atoms. The first-order valence-corrected chi connectivity index (χ1v) is 3.08. The second-order valence-electron chi connectivity index (χ2n) is 2.56. The predicted octanol–water partition coefficient (Wildman–Crippen LogP) is 0.934. The Morgan fingerprint density at radius 2 is 2.22 bits per heavy atom. The van der Waals surface area contributed by atoms with Crippen molar-refractivity contribution in [3.63, 3.8) is 0 Å². The summed E-state index contributed by atoms with van der Waals surface area (Å²) in [6.07, 6.45) is 1.03. The van der Waals surface area contributed by atoms with Gasteiger partial charge in [-0.1, -0.05) is 0 Å². The molecule has 2 nitrogen and oxygen atoms in total. The third-order valence-electron chi connectivity index (χ3n) is 1.72. The van der Waals surface area contributed by atoms with Crippen LogP contribution in [0.15, 0.2) is 0 Å². The van der Waals surface area contributed by atoms with Gasteiger partial charge < -0.3 is 10.5 Å². The van der Waals surface area contributed by atoms with Crippen LogP contribution in [-0.4, -0.2) is 18.2 Å². The van der Waals surface area contributed by atoms with E-state index in [9.17, 15) is 0 Å². The zero-order valence-corrected chi connectivity index (χ0v) is 6.70. The number of hydrogen-bond acceptors (Lipinski definition) is 2. The Morgan fingerprint density at radius 1 is 1.78 bits per heavy atom. The molecule has 0 bridgehead atoms. The van der Waals surface area contributed by atoms with Crippen molar-refractivity contribution >= 4 is 12.4 Å². The standard InChI is InChI=1S/C6H13NO.ClH/c1-3-8-6(2)4-5(6)7;/h5H,3-4,7H2,1-2H3;1H/t5-,6-;/m0./s1. The topological polar surface area (TPSA) is 35.2 Å². The van der Waals surface area contributed by atoms with Crippen LogP contribution in [0.4, 0.5) is 0 Å². The van der Waals surface area contributed by atoms with Crippen LogP contribution in [0.2, 0.25) is 0 Å². The number of halogens is 1. The van der Waals surface area contributed by atoms with E-state index < -0.39 is 0 Å². The van der Waals surface area contributed by atoms with Gasteiger partial charge in [0, 0.05) is 12.6 Å². The smallest absolute Gasteiger partial charge is 0.0821 e. The highest BCUT2D eigenvalue weighted by Crippen LogP contribution is 2.37. The molecule has 1 aliphatic rings. The van der Waals surface area contributed by atoms with Crippen LogP contribution >= 0.6 is 12.4 Å². The molecule has 0 aromatic rings. The molecule has 1 aliphatic carbocycles. The fraction of sp³-hybridized carbons (Fsp3) is 1.00. The van der Waals surface area contributed by atoms with Crippen LogP contribution in [0, 0.1) is 0 Å². The van der Waals surface area contributed by atoms with Crippen molar-refractivity contribution in [2.45, 2.75) is 31.9 Å². The van der Waals surface area contributed by atoms with Gasteiger partial charge >= 0.3 is 0 Å². The van der Waals surface area contributed by atoms with Crippen molar-refractivity contribution in [1.82, 2.24) is 0 Å². The average molecular weight is 152 g/mol. The largest absolute Gasteiger partial charge is 0.374 e. The Morgan fingerprint density at radius 3 is 2.33 bits per heavy atom. The van der Waals surface area contributed by atoms with Crippen molar-refractivity contribution in [1.29, 1.82) is 0 Å². The van der Waals surface area contributed by atoms with E-state index in [0.29, 0.717) is 6.04 Å². The van der Waals surface area contributed by atoms with E-state index in [1.165, 1.54) is 0 Å². The van der Waals surface area contributed by atoms with Crippen molar-refractivity contribution < 1.29 is 4.74 Å². The molecule has 0 unspecified atom stereocenters. The van der Waals surface area contributed by atoms with Gasteiger partial charge in [0.1, 0.15) is 0 Å². The Hall–Kier alpha value is 0.210. The van der Waals surface area contributed by atoms with Gasteiger partial charge in [-0.2, -0.15) is 0 Å². The maximum Gasteiger partial charge on any atom is 0.0821 e. The highest BCUT2D eigenvalue weighted by molar-refractivity contribution is 5.85. The van der Waals surface area contributed by atoms with Crippen LogP contribution in [-0.2, 0) is 4.74 Å². The molecule has 0 aromatic heterocycles. The summed E-state index contributed by atoms with van der Waals surface area (Å²) in [7, 11) is 0. The molecule has 0 saturated heterocycles. The van der Waals surface area contributed by atoms with E-state index >= 15 is 0 Å². The molecule has 1 rings (SSSR count). The van der Waals surface area contributed by atoms with E-state index in [1.54, 1.807) is 0 Å². The third kappa shape index (κ3) is 1.81. The van der Waals surface area contributed by atoms with Crippen LogP contribution < -0.4 is 5.73 Å². The lowest BCUT2D eigenvalue weighted by molar-refractivity contribution is 0.0519. The Bertz CT molecular complexity index is 99.1. The summed E-state index contributed by atoms with van der Waals surface area (Å²) in [5, 5.41) is 0. The fourth-order valence-corrected chi connectivity index (χ4v) is 0.873. The molecule has 0 amide bonds. The van der Waals surface area contributed by atoms with E-state index in [-0.39, 0.29) is 18.0 Å². The summed E-state index contributed by atoms with van der Waals surface area (Å²) in [5.41, 5.74) is 5.60. The second-order valence-corrected chi connectivity index (χ2v) is 2.56. The summed E-state index contributed by atoms with van der Waals surface area (Å²) in [6.45, 7) is 4.83. The van der Waals surface area contributed by atoms with E-state index in [2.05, 4.69) is 6.92 Å². The zero-order chi connectivity index (χ0) is 6.20. The minimum atomic E-state index is 0. The molecular formula is C6H14ClNO. The summed E-state index contributed by atoms with van der Waals surface area (Å²) in [5.74, 6) is 0. The lowest BCUT2D eigenvalue weighted by Gasteiger charge is -2.07. The summed E-state index contributed by atoms with van der Waals surface area (Å²) >= 11 is 0. The Kier molecular flexibility index (Phi) is 2.93. The van der Waals surface area contributed by atoms with Crippen LogP contribution in [0.5, 0.6) is 0 Å². The lowest BCUT2D eigenvalue weighted by atomic mass is 10.4. The summed E-state index contributed by atoms with van der Waals surface area (Å²) in [6, 6.07) is 0.294. The van der Waals surface area contributed by atoms with Gasteiger partial charge in [0.2, 0.25) is 0 Å². The third-order valence-corrected chi connectivity index (χ3v) is 1.72. The molecule has 2 N–H and O–H groups in total. The van der Waals surface area contributed by atoms with Crippen LogP contribution in [0.25, 0.3) is 0 Å². The van der Waals surface area contributed by atoms with Gasteiger partial charge in [-0.3, -0.25) is 0 Å². The minimum absolute atomic E-state index is 0. The lowest BCUT2D eigenvalue weighted by Crippen LogP contribution is -2.19. The highest BCUT2D eigenvalue weighted by atomic mass is 35.5. The zero-order valence-electron chi connectivity index (χ0n) is 5.89. The predicted molar refractivity (Wildman–Crippen MR) is 39.9 cm³/mol. The molecular weight excluding hydrogens is 138 g/mol. The molecule has 0 radical (unpaired) electrons. The average Bonchev–Trinajstić information content (AvgIpc) is 2.16. The molecule has 1 saturated carbocycles. The molecule has 56 valence electrons. The van der Waals surface area contributed by atoms with Crippen molar-refractivity contribution in [2.75, 3.05) is 6.61 Å². The van der Waals surface area contributed by atoms with Crippen LogP contribution in [0.1, 0.15) is 20.3 Å². The first-order valence-electron chi connectivity index (χ1n) is 3.08. The van der Waals surface area contributed by atoms with Gasteiger partial charge in [0.15, 0.2) is 0 Å².